The molecular weight excluding hydrogens is 202 g/mol. The van der Waals surface area contributed by atoms with Crippen molar-refractivity contribution in [1.29, 1.82) is 0 Å². The molecule has 86 valence electrons. The third-order valence-corrected chi connectivity index (χ3v) is 2.31. The van der Waals surface area contributed by atoms with Gasteiger partial charge in [-0.1, -0.05) is 36.4 Å². The van der Waals surface area contributed by atoms with Crippen LogP contribution < -0.4 is 5.73 Å². The number of benzene rings is 1. The van der Waals surface area contributed by atoms with E-state index in [-0.39, 0.29) is 5.97 Å². The normalized spacial score (nSPS) is 10.6. The van der Waals surface area contributed by atoms with Crippen molar-refractivity contribution in [3.05, 3.63) is 41.5 Å². The average Bonchev–Trinajstić information content (AvgIpc) is 2.34. The molecule has 1 aromatic carbocycles. The monoisotopic (exact) mass is 219 g/mol. The van der Waals surface area contributed by atoms with Crippen molar-refractivity contribution >= 4 is 12.0 Å². The van der Waals surface area contributed by atoms with E-state index in [2.05, 4.69) is 4.74 Å². The molecule has 0 saturated carbocycles. The molecule has 0 unspecified atom stereocenters. The summed E-state index contributed by atoms with van der Waals surface area (Å²) in [6, 6.07) is 7.96. The molecule has 1 aromatic rings. The summed E-state index contributed by atoms with van der Waals surface area (Å²) in [6.45, 7) is 0.519. The molecule has 2 N–H and O–H groups in total. The van der Waals surface area contributed by atoms with Gasteiger partial charge in [-0.3, -0.25) is 4.79 Å². The van der Waals surface area contributed by atoms with Crippen LogP contribution in [-0.2, 0) is 16.0 Å². The number of ether oxygens (including phenoxy) is 1. The van der Waals surface area contributed by atoms with Gasteiger partial charge in [-0.25, -0.2) is 0 Å². The highest BCUT2D eigenvalue weighted by molar-refractivity contribution is 5.69. The van der Waals surface area contributed by atoms with E-state index < -0.39 is 0 Å². The molecule has 3 nitrogen and oxygen atoms in total. The Bertz CT molecular complexity index is 372. The van der Waals surface area contributed by atoms with Gasteiger partial charge in [-0.05, 0) is 17.5 Å². The maximum Gasteiger partial charge on any atom is 0.305 e. The molecule has 0 aliphatic carbocycles. The Morgan fingerprint density at radius 2 is 2.19 bits per heavy atom. The molecule has 0 aliphatic heterocycles. The van der Waals surface area contributed by atoms with Gasteiger partial charge in [0.25, 0.3) is 0 Å². The Labute approximate surface area is 95.9 Å². The third-order valence-electron chi connectivity index (χ3n) is 2.31. The van der Waals surface area contributed by atoms with E-state index in [1.54, 1.807) is 0 Å². The van der Waals surface area contributed by atoms with E-state index in [4.69, 9.17) is 5.73 Å². The van der Waals surface area contributed by atoms with Crippen LogP contribution in [0.5, 0.6) is 0 Å². The molecule has 0 saturated heterocycles. The van der Waals surface area contributed by atoms with Gasteiger partial charge in [0, 0.05) is 13.0 Å². The number of hydrogen-bond acceptors (Lipinski definition) is 3. The molecule has 0 aliphatic rings. The van der Waals surface area contributed by atoms with Crippen LogP contribution in [0.1, 0.15) is 17.5 Å². The van der Waals surface area contributed by atoms with Crippen molar-refractivity contribution in [2.45, 2.75) is 12.8 Å². The first-order valence-corrected chi connectivity index (χ1v) is 5.29. The van der Waals surface area contributed by atoms with E-state index in [9.17, 15) is 4.79 Å². The van der Waals surface area contributed by atoms with Gasteiger partial charge in [0.05, 0.1) is 7.11 Å². The van der Waals surface area contributed by atoms with Crippen molar-refractivity contribution < 1.29 is 9.53 Å². The maximum absolute atomic E-state index is 11.1. The van der Waals surface area contributed by atoms with Gasteiger partial charge in [-0.15, -0.1) is 0 Å². The number of aryl methyl sites for hydroxylation is 1. The van der Waals surface area contributed by atoms with Crippen molar-refractivity contribution in [3.8, 4) is 0 Å². The SMILES string of the molecule is COC(=O)CCc1ccccc1C=CCN. The summed E-state index contributed by atoms with van der Waals surface area (Å²) in [7, 11) is 1.41. The highest BCUT2D eigenvalue weighted by atomic mass is 16.5. The standard InChI is InChI=1S/C13H17NO2/c1-16-13(15)9-8-12-6-3-2-5-11(12)7-4-10-14/h2-7H,8-10,14H2,1H3. The Hall–Kier alpha value is -1.61. The minimum atomic E-state index is -0.183. The van der Waals surface area contributed by atoms with E-state index >= 15 is 0 Å². The molecule has 16 heavy (non-hydrogen) atoms. The zero-order valence-corrected chi connectivity index (χ0v) is 9.48. The second kappa shape index (κ2) is 6.80. The zero-order valence-electron chi connectivity index (χ0n) is 9.48. The lowest BCUT2D eigenvalue weighted by atomic mass is 10.0. The van der Waals surface area contributed by atoms with Gasteiger partial charge in [0.2, 0.25) is 0 Å². The minimum absolute atomic E-state index is 0.183. The molecule has 0 spiro atoms. The van der Waals surface area contributed by atoms with Crippen LogP contribution >= 0.6 is 0 Å². The largest absolute Gasteiger partial charge is 0.469 e. The summed E-state index contributed by atoms with van der Waals surface area (Å²) >= 11 is 0. The van der Waals surface area contributed by atoms with E-state index in [0.29, 0.717) is 19.4 Å². The molecule has 0 fully saturated rings. The Balaban J connectivity index is 2.71. The fraction of sp³-hybridized carbons (Fsp3) is 0.308. The van der Waals surface area contributed by atoms with E-state index in [1.165, 1.54) is 7.11 Å². The first-order chi connectivity index (χ1) is 7.77. The summed E-state index contributed by atoms with van der Waals surface area (Å²) in [6.07, 6.45) is 4.98. The van der Waals surface area contributed by atoms with Crippen molar-refractivity contribution in [2.75, 3.05) is 13.7 Å². The predicted molar refractivity (Wildman–Crippen MR) is 64.9 cm³/mol. The maximum atomic E-state index is 11.1. The van der Waals surface area contributed by atoms with E-state index in [0.717, 1.165) is 11.1 Å². The Morgan fingerprint density at radius 1 is 1.44 bits per heavy atom. The zero-order chi connectivity index (χ0) is 11.8. The summed E-state index contributed by atoms with van der Waals surface area (Å²) < 4.78 is 4.62. The van der Waals surface area contributed by atoms with Crippen LogP contribution in [0, 0.1) is 0 Å². The predicted octanol–water partition coefficient (Wildman–Crippen LogP) is 1.76. The smallest absolute Gasteiger partial charge is 0.305 e. The number of carbonyl (C=O) groups excluding carboxylic acids is 1. The van der Waals surface area contributed by atoms with Crippen LogP contribution in [0.3, 0.4) is 0 Å². The molecule has 0 radical (unpaired) electrons. The first-order valence-electron chi connectivity index (χ1n) is 5.29. The second-order valence-corrected chi connectivity index (χ2v) is 3.41. The molecule has 0 heterocycles. The molecule has 1 rings (SSSR count). The van der Waals surface area contributed by atoms with E-state index in [1.807, 2.05) is 36.4 Å². The van der Waals surface area contributed by atoms with Gasteiger partial charge in [-0.2, -0.15) is 0 Å². The van der Waals surface area contributed by atoms with Crippen molar-refractivity contribution in [2.24, 2.45) is 5.73 Å². The third kappa shape index (κ3) is 3.87. The lowest BCUT2D eigenvalue weighted by molar-refractivity contribution is -0.140. The van der Waals surface area contributed by atoms with Crippen LogP contribution in [0.15, 0.2) is 30.3 Å². The quantitative estimate of drug-likeness (QED) is 0.768. The van der Waals surface area contributed by atoms with Crippen LogP contribution in [0.25, 0.3) is 6.08 Å². The fourth-order valence-electron chi connectivity index (χ4n) is 1.46. The van der Waals surface area contributed by atoms with Gasteiger partial charge < -0.3 is 10.5 Å². The first kappa shape index (κ1) is 12.5. The van der Waals surface area contributed by atoms with Gasteiger partial charge in [0.1, 0.15) is 0 Å². The number of carbonyl (C=O) groups is 1. The molecule has 0 atom stereocenters. The highest BCUT2D eigenvalue weighted by Crippen LogP contribution is 2.13. The number of esters is 1. The lowest BCUT2D eigenvalue weighted by Crippen LogP contribution is -2.02. The van der Waals surface area contributed by atoms with Crippen LogP contribution in [-0.4, -0.2) is 19.6 Å². The second-order valence-electron chi connectivity index (χ2n) is 3.41. The number of hydrogen-bond donors (Lipinski definition) is 1. The Morgan fingerprint density at radius 3 is 2.88 bits per heavy atom. The van der Waals surface area contributed by atoms with Crippen LogP contribution in [0.2, 0.25) is 0 Å². The molecular formula is C13H17NO2. The summed E-state index contributed by atoms with van der Waals surface area (Å²) in [5.41, 5.74) is 7.65. The highest BCUT2D eigenvalue weighted by Gasteiger charge is 2.03. The molecule has 0 amide bonds. The van der Waals surface area contributed by atoms with Crippen molar-refractivity contribution in [3.63, 3.8) is 0 Å². The van der Waals surface area contributed by atoms with Crippen LogP contribution in [0.4, 0.5) is 0 Å². The fourth-order valence-corrected chi connectivity index (χ4v) is 1.46. The number of rotatable bonds is 5. The molecule has 0 aromatic heterocycles. The summed E-state index contributed by atoms with van der Waals surface area (Å²) in [5, 5.41) is 0. The molecule has 0 bridgehead atoms. The summed E-state index contributed by atoms with van der Waals surface area (Å²) in [5.74, 6) is -0.183. The number of nitrogens with two attached hydrogens (primary N) is 1. The molecule has 3 heteroatoms. The van der Waals surface area contributed by atoms with Gasteiger partial charge >= 0.3 is 5.97 Å². The van der Waals surface area contributed by atoms with Gasteiger partial charge in [0.15, 0.2) is 0 Å². The summed E-state index contributed by atoms with van der Waals surface area (Å²) in [4.78, 5) is 11.1. The van der Waals surface area contributed by atoms with Crippen molar-refractivity contribution in [1.82, 2.24) is 0 Å². The topological polar surface area (TPSA) is 52.3 Å². The number of methoxy groups -OCH3 is 1. The lowest BCUT2D eigenvalue weighted by Gasteiger charge is -2.04. The average molecular weight is 219 g/mol. The minimum Gasteiger partial charge on any atom is -0.469 e. The Kier molecular flexibility index (Phi) is 5.29.